The lowest BCUT2D eigenvalue weighted by atomic mass is 9.74. The normalized spacial score (nSPS) is 24.5. The van der Waals surface area contributed by atoms with E-state index in [2.05, 4.69) is 26.9 Å². The predicted octanol–water partition coefficient (Wildman–Crippen LogP) is 1.01. The third-order valence-electron chi connectivity index (χ3n) is 5.02. The second-order valence-electron chi connectivity index (χ2n) is 6.68. The zero-order valence-corrected chi connectivity index (χ0v) is 14.2. The van der Waals surface area contributed by atoms with E-state index in [9.17, 15) is 9.90 Å². The zero-order chi connectivity index (χ0) is 18.2. The molecule has 1 aliphatic rings. The molecule has 0 saturated heterocycles. The molecule has 4 N–H and O–H groups in total. The van der Waals surface area contributed by atoms with E-state index in [0.717, 1.165) is 0 Å². The summed E-state index contributed by atoms with van der Waals surface area (Å²) in [6.45, 7) is 3.50. The van der Waals surface area contributed by atoms with Gasteiger partial charge in [-0.1, -0.05) is 18.8 Å². The highest BCUT2D eigenvalue weighted by Crippen LogP contribution is 2.35. The SMILES string of the molecule is Cc1nc2ncnn2c(N)c1C#CC1(O)CCC(C(C)C(=O)O)CC1. The minimum Gasteiger partial charge on any atom is -0.481 e. The molecule has 1 unspecified atom stereocenters. The molecular formula is C17H21N5O3. The van der Waals surface area contributed by atoms with Gasteiger partial charge in [-0.3, -0.25) is 4.79 Å². The molecule has 1 saturated carbocycles. The van der Waals surface area contributed by atoms with E-state index in [1.54, 1.807) is 13.8 Å². The van der Waals surface area contributed by atoms with Crippen LogP contribution in [0.1, 0.15) is 43.9 Å². The Labute approximate surface area is 145 Å². The van der Waals surface area contributed by atoms with Crippen LogP contribution in [0.4, 0.5) is 5.82 Å². The Morgan fingerprint density at radius 2 is 2.16 bits per heavy atom. The Kier molecular flexibility index (Phi) is 4.35. The Bertz CT molecular complexity index is 872. The van der Waals surface area contributed by atoms with Crippen LogP contribution in [0.5, 0.6) is 0 Å². The van der Waals surface area contributed by atoms with E-state index in [4.69, 9.17) is 10.8 Å². The van der Waals surface area contributed by atoms with E-state index in [1.165, 1.54) is 10.8 Å². The maximum atomic E-state index is 11.1. The number of carboxylic acids is 1. The van der Waals surface area contributed by atoms with Gasteiger partial charge in [-0.05, 0) is 38.5 Å². The van der Waals surface area contributed by atoms with Crippen molar-refractivity contribution < 1.29 is 15.0 Å². The summed E-state index contributed by atoms with van der Waals surface area (Å²) in [6.07, 6.45) is 3.52. The molecule has 0 radical (unpaired) electrons. The van der Waals surface area contributed by atoms with Gasteiger partial charge in [-0.15, -0.1) is 0 Å². The van der Waals surface area contributed by atoms with Crippen molar-refractivity contribution in [2.45, 2.75) is 45.1 Å². The number of nitrogens with two attached hydrogens (primary N) is 1. The minimum absolute atomic E-state index is 0.0690. The topological polar surface area (TPSA) is 127 Å². The Hall–Kier alpha value is -2.66. The van der Waals surface area contributed by atoms with Crippen molar-refractivity contribution in [3.8, 4) is 11.8 Å². The first-order chi connectivity index (χ1) is 11.8. The number of aliphatic hydroxyl groups is 1. The van der Waals surface area contributed by atoms with E-state index in [-0.39, 0.29) is 5.92 Å². The summed E-state index contributed by atoms with van der Waals surface area (Å²) in [5, 5.41) is 23.8. The second kappa shape index (κ2) is 6.33. The molecule has 0 aliphatic heterocycles. The first-order valence-corrected chi connectivity index (χ1v) is 8.25. The lowest BCUT2D eigenvalue weighted by Crippen LogP contribution is -2.35. The molecule has 0 spiro atoms. The first-order valence-electron chi connectivity index (χ1n) is 8.25. The number of fused-ring (bicyclic) bond motifs is 1. The average molecular weight is 343 g/mol. The standard InChI is InChI=1S/C17H21N5O3/c1-10(15(23)24)12-3-6-17(25,7-4-12)8-5-13-11(2)21-16-19-9-20-22(16)14(13)18/h9-10,12,25H,3-4,6-7,18H2,1-2H3,(H,23,24). The van der Waals surface area contributed by atoms with Crippen molar-refractivity contribution >= 4 is 17.6 Å². The Morgan fingerprint density at radius 3 is 2.80 bits per heavy atom. The fraction of sp³-hybridized carbons (Fsp3) is 0.529. The molecule has 2 aromatic heterocycles. The number of nitrogens with zero attached hydrogens (tertiary/aromatic N) is 4. The molecule has 25 heavy (non-hydrogen) atoms. The molecule has 8 nitrogen and oxygen atoms in total. The van der Waals surface area contributed by atoms with Crippen LogP contribution in [0.2, 0.25) is 0 Å². The number of nitrogen functional groups attached to an aromatic ring is 1. The van der Waals surface area contributed by atoms with E-state index < -0.39 is 17.5 Å². The summed E-state index contributed by atoms with van der Waals surface area (Å²) in [4.78, 5) is 19.4. The number of aliphatic carboxylic acids is 1. The highest BCUT2D eigenvalue weighted by molar-refractivity contribution is 5.69. The highest BCUT2D eigenvalue weighted by atomic mass is 16.4. The van der Waals surface area contributed by atoms with Crippen LogP contribution >= 0.6 is 0 Å². The number of aromatic nitrogens is 4. The number of hydrogen-bond acceptors (Lipinski definition) is 6. The third-order valence-corrected chi connectivity index (χ3v) is 5.02. The van der Waals surface area contributed by atoms with Crippen molar-refractivity contribution in [2.75, 3.05) is 5.73 Å². The number of carbonyl (C=O) groups is 1. The summed E-state index contributed by atoms with van der Waals surface area (Å²) in [5.41, 5.74) is 6.10. The van der Waals surface area contributed by atoms with Crippen LogP contribution in [0.3, 0.4) is 0 Å². The van der Waals surface area contributed by atoms with Crippen molar-refractivity contribution in [1.29, 1.82) is 0 Å². The molecule has 2 aromatic rings. The molecule has 0 aromatic carbocycles. The van der Waals surface area contributed by atoms with Crippen LogP contribution in [0, 0.1) is 30.6 Å². The fourth-order valence-electron chi connectivity index (χ4n) is 3.26. The summed E-state index contributed by atoms with van der Waals surface area (Å²) in [6, 6.07) is 0. The van der Waals surface area contributed by atoms with Gasteiger partial charge in [0.15, 0.2) is 0 Å². The number of anilines is 1. The third kappa shape index (κ3) is 3.28. The van der Waals surface area contributed by atoms with Crippen LogP contribution in [-0.4, -0.2) is 41.4 Å². The van der Waals surface area contributed by atoms with Crippen LogP contribution in [-0.2, 0) is 4.79 Å². The monoisotopic (exact) mass is 343 g/mol. The largest absolute Gasteiger partial charge is 0.481 e. The molecule has 1 aliphatic carbocycles. The molecule has 0 amide bonds. The van der Waals surface area contributed by atoms with Crippen molar-refractivity contribution in [2.24, 2.45) is 11.8 Å². The van der Waals surface area contributed by atoms with Gasteiger partial charge in [-0.2, -0.15) is 14.6 Å². The molecule has 8 heteroatoms. The highest BCUT2D eigenvalue weighted by Gasteiger charge is 2.35. The van der Waals surface area contributed by atoms with Gasteiger partial charge in [0.1, 0.15) is 17.7 Å². The smallest absolute Gasteiger partial charge is 0.306 e. The van der Waals surface area contributed by atoms with Gasteiger partial charge in [0.05, 0.1) is 17.2 Å². The first kappa shape index (κ1) is 17.2. The van der Waals surface area contributed by atoms with Crippen LogP contribution in [0.25, 0.3) is 5.78 Å². The zero-order valence-electron chi connectivity index (χ0n) is 14.2. The average Bonchev–Trinajstić information content (AvgIpc) is 3.03. The summed E-state index contributed by atoms with van der Waals surface area (Å²) in [5.74, 6) is 5.47. The van der Waals surface area contributed by atoms with Crippen LogP contribution in [0.15, 0.2) is 6.33 Å². The molecule has 2 heterocycles. The fourth-order valence-corrected chi connectivity index (χ4v) is 3.26. The van der Waals surface area contributed by atoms with Crippen molar-refractivity contribution in [1.82, 2.24) is 19.6 Å². The van der Waals surface area contributed by atoms with Gasteiger partial charge in [0, 0.05) is 0 Å². The maximum absolute atomic E-state index is 11.1. The van der Waals surface area contributed by atoms with Gasteiger partial charge >= 0.3 is 5.97 Å². The van der Waals surface area contributed by atoms with E-state index in [0.29, 0.717) is 48.5 Å². The number of rotatable bonds is 2. The molecule has 3 rings (SSSR count). The quantitative estimate of drug-likeness (QED) is 0.694. The molecule has 1 atom stereocenters. The Morgan fingerprint density at radius 1 is 1.48 bits per heavy atom. The lowest BCUT2D eigenvalue weighted by Gasteiger charge is -2.33. The molecule has 132 valence electrons. The Balaban J connectivity index is 1.81. The van der Waals surface area contributed by atoms with Gasteiger partial charge in [-0.25, -0.2) is 4.98 Å². The predicted molar refractivity (Wildman–Crippen MR) is 90.5 cm³/mol. The lowest BCUT2D eigenvalue weighted by molar-refractivity contribution is -0.144. The summed E-state index contributed by atoms with van der Waals surface area (Å²) in [7, 11) is 0. The van der Waals surface area contributed by atoms with Gasteiger partial charge < -0.3 is 15.9 Å². The van der Waals surface area contributed by atoms with E-state index in [1.807, 2.05) is 0 Å². The molecule has 1 fully saturated rings. The second-order valence-corrected chi connectivity index (χ2v) is 6.68. The number of aryl methyl sites for hydroxylation is 1. The van der Waals surface area contributed by atoms with Crippen LogP contribution < -0.4 is 5.73 Å². The van der Waals surface area contributed by atoms with Crippen molar-refractivity contribution in [3.05, 3.63) is 17.6 Å². The maximum Gasteiger partial charge on any atom is 0.306 e. The van der Waals surface area contributed by atoms with Gasteiger partial charge in [0.25, 0.3) is 5.78 Å². The van der Waals surface area contributed by atoms with E-state index >= 15 is 0 Å². The van der Waals surface area contributed by atoms with Gasteiger partial charge in [0.2, 0.25) is 0 Å². The molecular weight excluding hydrogens is 322 g/mol. The van der Waals surface area contributed by atoms with Crippen molar-refractivity contribution in [3.63, 3.8) is 0 Å². The minimum atomic E-state index is -1.13. The number of carboxylic acid groups (broad SMARTS) is 1. The summed E-state index contributed by atoms with van der Waals surface area (Å²) < 4.78 is 1.41. The molecule has 0 bridgehead atoms. The summed E-state index contributed by atoms with van der Waals surface area (Å²) >= 11 is 0. The number of hydrogen-bond donors (Lipinski definition) is 3.